The largest absolute Gasteiger partial charge is 0.508 e. The van der Waals surface area contributed by atoms with Crippen molar-refractivity contribution in [2.24, 2.45) is 0 Å². The molecule has 0 saturated carbocycles. The van der Waals surface area contributed by atoms with Gasteiger partial charge in [0.1, 0.15) is 5.75 Å². The van der Waals surface area contributed by atoms with Gasteiger partial charge in [0.05, 0.1) is 6.10 Å². The van der Waals surface area contributed by atoms with Gasteiger partial charge in [0, 0.05) is 24.7 Å². The highest BCUT2D eigenvalue weighted by Crippen LogP contribution is 2.27. The van der Waals surface area contributed by atoms with Crippen molar-refractivity contribution < 1.29 is 14.4 Å². The lowest BCUT2D eigenvalue weighted by molar-refractivity contribution is 0.116. The van der Waals surface area contributed by atoms with Crippen LogP contribution in [-0.2, 0) is 11.2 Å². The number of rotatable bonds is 4. The summed E-state index contributed by atoms with van der Waals surface area (Å²) in [5.41, 5.74) is 1.48. The van der Waals surface area contributed by atoms with Crippen molar-refractivity contribution >= 4 is 0 Å². The SMILES string of the molecule is COC(C)Cc1noc(-c2cccc(O)c2C)n1. The van der Waals surface area contributed by atoms with Crippen LogP contribution < -0.4 is 0 Å². The lowest BCUT2D eigenvalue weighted by atomic mass is 10.1. The first-order valence-electron chi connectivity index (χ1n) is 5.76. The van der Waals surface area contributed by atoms with Crippen molar-refractivity contribution in [3.05, 3.63) is 29.6 Å². The second kappa shape index (κ2) is 5.18. The molecule has 0 bridgehead atoms. The highest BCUT2D eigenvalue weighted by Gasteiger charge is 2.14. The third-order valence-electron chi connectivity index (χ3n) is 2.88. The Hall–Kier alpha value is -1.88. The number of phenols is 1. The van der Waals surface area contributed by atoms with Crippen LogP contribution in [0.4, 0.5) is 0 Å². The molecule has 1 heterocycles. The van der Waals surface area contributed by atoms with Crippen LogP contribution in [0.1, 0.15) is 18.3 Å². The van der Waals surface area contributed by atoms with Crippen LogP contribution in [0.3, 0.4) is 0 Å². The van der Waals surface area contributed by atoms with Crippen LogP contribution in [0, 0.1) is 6.92 Å². The fourth-order valence-corrected chi connectivity index (χ4v) is 1.64. The van der Waals surface area contributed by atoms with Gasteiger partial charge in [-0.3, -0.25) is 0 Å². The van der Waals surface area contributed by atoms with Crippen LogP contribution in [-0.4, -0.2) is 28.5 Å². The molecule has 1 unspecified atom stereocenters. The summed E-state index contributed by atoms with van der Waals surface area (Å²) in [7, 11) is 1.64. The van der Waals surface area contributed by atoms with Crippen molar-refractivity contribution in [3.63, 3.8) is 0 Å². The minimum Gasteiger partial charge on any atom is -0.508 e. The summed E-state index contributed by atoms with van der Waals surface area (Å²) in [5.74, 6) is 1.24. The average molecular weight is 248 g/mol. The molecule has 1 aromatic heterocycles. The second-order valence-corrected chi connectivity index (χ2v) is 4.22. The van der Waals surface area contributed by atoms with E-state index in [0.29, 0.717) is 18.1 Å². The van der Waals surface area contributed by atoms with Crippen LogP contribution in [0.5, 0.6) is 5.75 Å². The van der Waals surface area contributed by atoms with E-state index >= 15 is 0 Å². The van der Waals surface area contributed by atoms with Gasteiger partial charge in [-0.05, 0) is 26.0 Å². The third-order valence-corrected chi connectivity index (χ3v) is 2.88. The second-order valence-electron chi connectivity index (χ2n) is 4.22. The molecule has 1 N–H and O–H groups in total. The van der Waals surface area contributed by atoms with E-state index in [2.05, 4.69) is 10.1 Å². The van der Waals surface area contributed by atoms with Crippen molar-refractivity contribution in [1.29, 1.82) is 0 Å². The molecular weight excluding hydrogens is 232 g/mol. The molecule has 0 fully saturated rings. The maximum atomic E-state index is 9.64. The Morgan fingerprint density at radius 3 is 2.94 bits per heavy atom. The number of aromatic nitrogens is 2. The predicted molar refractivity (Wildman–Crippen MR) is 66.3 cm³/mol. The highest BCUT2D eigenvalue weighted by atomic mass is 16.5. The summed E-state index contributed by atoms with van der Waals surface area (Å²) < 4.78 is 10.4. The molecule has 0 aliphatic heterocycles. The van der Waals surface area contributed by atoms with Gasteiger partial charge < -0.3 is 14.4 Å². The summed E-state index contributed by atoms with van der Waals surface area (Å²) in [6, 6.07) is 5.22. The predicted octanol–water partition coefficient (Wildman–Crippen LogP) is 2.33. The first-order chi connectivity index (χ1) is 8.61. The number of methoxy groups -OCH3 is 1. The number of hydrogen-bond acceptors (Lipinski definition) is 5. The molecule has 1 atom stereocenters. The van der Waals surface area contributed by atoms with E-state index in [9.17, 15) is 5.11 Å². The average Bonchev–Trinajstić information content (AvgIpc) is 2.80. The molecule has 0 amide bonds. The summed E-state index contributed by atoms with van der Waals surface area (Å²) in [6.45, 7) is 3.75. The zero-order valence-electron chi connectivity index (χ0n) is 10.7. The van der Waals surface area contributed by atoms with Crippen LogP contribution >= 0.6 is 0 Å². The lowest BCUT2D eigenvalue weighted by Crippen LogP contribution is -2.09. The summed E-state index contributed by atoms with van der Waals surface area (Å²) in [4.78, 5) is 4.30. The van der Waals surface area contributed by atoms with Crippen molar-refractivity contribution in [1.82, 2.24) is 10.1 Å². The molecule has 2 aromatic rings. The van der Waals surface area contributed by atoms with Gasteiger partial charge in [-0.2, -0.15) is 4.98 Å². The fourth-order valence-electron chi connectivity index (χ4n) is 1.64. The highest BCUT2D eigenvalue weighted by molar-refractivity contribution is 5.61. The van der Waals surface area contributed by atoms with Crippen molar-refractivity contribution in [2.45, 2.75) is 26.4 Å². The van der Waals surface area contributed by atoms with Gasteiger partial charge in [-0.25, -0.2) is 0 Å². The third kappa shape index (κ3) is 2.51. The molecular formula is C13H16N2O3. The van der Waals surface area contributed by atoms with Crippen molar-refractivity contribution in [3.8, 4) is 17.2 Å². The van der Waals surface area contributed by atoms with E-state index in [1.54, 1.807) is 19.2 Å². The van der Waals surface area contributed by atoms with Gasteiger partial charge in [-0.1, -0.05) is 11.2 Å². The maximum Gasteiger partial charge on any atom is 0.258 e. The molecule has 96 valence electrons. The van der Waals surface area contributed by atoms with Crippen LogP contribution in [0.15, 0.2) is 22.7 Å². The smallest absolute Gasteiger partial charge is 0.258 e. The zero-order valence-corrected chi connectivity index (χ0v) is 10.7. The first-order valence-corrected chi connectivity index (χ1v) is 5.76. The molecule has 5 heteroatoms. The number of nitrogens with zero attached hydrogens (tertiary/aromatic N) is 2. The number of aromatic hydroxyl groups is 1. The zero-order chi connectivity index (χ0) is 13.1. The first kappa shape index (κ1) is 12.6. The Kier molecular flexibility index (Phi) is 3.62. The quantitative estimate of drug-likeness (QED) is 0.899. The molecule has 18 heavy (non-hydrogen) atoms. The van der Waals surface area contributed by atoms with E-state index < -0.39 is 0 Å². The fraction of sp³-hybridized carbons (Fsp3) is 0.385. The topological polar surface area (TPSA) is 68.4 Å². The minimum absolute atomic E-state index is 0.0423. The lowest BCUT2D eigenvalue weighted by Gasteiger charge is -2.04. The van der Waals surface area contributed by atoms with Crippen LogP contribution in [0.2, 0.25) is 0 Å². The summed E-state index contributed by atoms with van der Waals surface area (Å²) in [6.07, 6.45) is 0.637. The van der Waals surface area contributed by atoms with Crippen molar-refractivity contribution in [2.75, 3.05) is 7.11 Å². The molecule has 0 aliphatic carbocycles. The molecule has 5 nitrogen and oxygen atoms in total. The van der Waals surface area contributed by atoms with Gasteiger partial charge in [-0.15, -0.1) is 0 Å². The van der Waals surface area contributed by atoms with Gasteiger partial charge in [0.25, 0.3) is 5.89 Å². The van der Waals surface area contributed by atoms with Gasteiger partial charge in [0.15, 0.2) is 5.82 Å². The monoisotopic (exact) mass is 248 g/mol. The van der Waals surface area contributed by atoms with E-state index in [1.165, 1.54) is 0 Å². The Balaban J connectivity index is 2.27. The van der Waals surface area contributed by atoms with Crippen LogP contribution in [0.25, 0.3) is 11.5 Å². The molecule has 1 aromatic carbocycles. The molecule has 0 saturated heterocycles. The van der Waals surface area contributed by atoms with E-state index in [1.807, 2.05) is 19.9 Å². The molecule has 0 aliphatic rings. The summed E-state index contributed by atoms with van der Waals surface area (Å²) >= 11 is 0. The Bertz CT molecular complexity index is 537. The summed E-state index contributed by atoms with van der Waals surface area (Å²) in [5, 5.41) is 13.5. The Labute approximate surface area is 105 Å². The standard InChI is InChI=1S/C13H16N2O3/c1-8(17-3)7-12-14-13(18-15-12)10-5-4-6-11(16)9(10)2/h4-6,8,16H,7H2,1-3H3. The van der Waals surface area contributed by atoms with E-state index in [4.69, 9.17) is 9.26 Å². The molecule has 0 radical (unpaired) electrons. The maximum absolute atomic E-state index is 9.64. The number of phenolic OH excluding ortho intramolecular Hbond substituents is 1. The van der Waals surface area contributed by atoms with E-state index in [0.717, 1.165) is 11.1 Å². The number of hydrogen-bond donors (Lipinski definition) is 1. The molecule has 2 rings (SSSR count). The minimum atomic E-state index is 0.0423. The van der Waals surface area contributed by atoms with E-state index in [-0.39, 0.29) is 11.9 Å². The molecule has 0 spiro atoms. The Morgan fingerprint density at radius 1 is 1.44 bits per heavy atom. The number of benzene rings is 1. The van der Waals surface area contributed by atoms with Gasteiger partial charge >= 0.3 is 0 Å². The normalized spacial score (nSPS) is 12.6. The van der Waals surface area contributed by atoms with Gasteiger partial charge in [0.2, 0.25) is 0 Å². The Morgan fingerprint density at radius 2 is 2.22 bits per heavy atom. The number of ether oxygens (including phenoxy) is 1.